The van der Waals surface area contributed by atoms with E-state index in [9.17, 15) is 0 Å². The van der Waals surface area contributed by atoms with Crippen molar-refractivity contribution in [3.63, 3.8) is 0 Å². The van der Waals surface area contributed by atoms with Gasteiger partial charge in [0, 0.05) is 47.0 Å². The van der Waals surface area contributed by atoms with E-state index >= 15 is 0 Å². The van der Waals surface area contributed by atoms with Crippen LogP contribution in [-0.2, 0) is 13.3 Å². The third kappa shape index (κ3) is 8.50. The Hall–Kier alpha value is -0.253. The smallest absolute Gasteiger partial charge is 0.377 e. The Kier molecular flexibility index (Phi) is 10.4. The van der Waals surface area contributed by atoms with E-state index in [1.54, 1.807) is 21.3 Å². The normalized spacial score (nSPS) is 11.7. The molecule has 0 radical (unpaired) electrons. The van der Waals surface area contributed by atoms with Crippen LogP contribution in [0.3, 0.4) is 0 Å². The first-order valence-corrected chi connectivity index (χ1v) is 8.65. The average Bonchev–Trinajstić information content (AvgIpc) is 2.39. The predicted molar refractivity (Wildman–Crippen MR) is 83.4 cm³/mol. The summed E-state index contributed by atoms with van der Waals surface area (Å²) in [4.78, 5) is 2.10. The first-order valence-electron chi connectivity index (χ1n) is 6.31. The van der Waals surface area contributed by atoms with Gasteiger partial charge >= 0.3 is 8.80 Å². The van der Waals surface area contributed by atoms with E-state index in [1.165, 1.54) is 0 Å². The van der Waals surface area contributed by atoms with Gasteiger partial charge < -0.3 is 28.8 Å². The Morgan fingerprint density at radius 3 is 2.05 bits per heavy atom. The van der Waals surface area contributed by atoms with Gasteiger partial charge in [0.15, 0.2) is 5.11 Å². The zero-order valence-corrected chi connectivity index (χ0v) is 14.4. The second kappa shape index (κ2) is 10.5. The van der Waals surface area contributed by atoms with E-state index in [0.29, 0.717) is 5.11 Å². The number of nitrogens with one attached hydrogen (secondary N) is 2. The maximum absolute atomic E-state index is 5.35. The Labute approximate surface area is 123 Å². The van der Waals surface area contributed by atoms with E-state index in [-0.39, 0.29) is 0 Å². The molecule has 0 bridgehead atoms. The van der Waals surface area contributed by atoms with Crippen molar-refractivity contribution < 1.29 is 13.3 Å². The lowest BCUT2D eigenvalue weighted by Crippen LogP contribution is -2.44. The number of hydrogen-bond donors (Lipinski definition) is 2. The van der Waals surface area contributed by atoms with Crippen LogP contribution in [0.15, 0.2) is 0 Å². The van der Waals surface area contributed by atoms with Crippen molar-refractivity contribution in [3.05, 3.63) is 0 Å². The highest BCUT2D eigenvalue weighted by Gasteiger charge is 2.36. The van der Waals surface area contributed by atoms with Gasteiger partial charge in [-0.1, -0.05) is 0 Å². The number of likely N-dealkylation sites (N-methyl/N-ethyl adjacent to an activating group) is 1. The summed E-state index contributed by atoms with van der Waals surface area (Å²) in [6.07, 6.45) is 0.886. The van der Waals surface area contributed by atoms with E-state index in [0.717, 1.165) is 32.1 Å². The van der Waals surface area contributed by atoms with Crippen LogP contribution in [0.5, 0.6) is 0 Å². The van der Waals surface area contributed by atoms with Crippen LogP contribution >= 0.6 is 12.2 Å². The summed E-state index contributed by atoms with van der Waals surface area (Å²) >= 11 is 5.17. The van der Waals surface area contributed by atoms with Gasteiger partial charge in [-0.05, 0) is 32.7 Å². The van der Waals surface area contributed by atoms with Gasteiger partial charge in [-0.2, -0.15) is 0 Å². The lowest BCUT2D eigenvalue weighted by molar-refractivity contribution is 0.123. The maximum Gasteiger partial charge on any atom is 0.500 e. The Balaban J connectivity index is 3.70. The molecular weight excluding hydrogens is 282 g/mol. The second-order valence-electron chi connectivity index (χ2n) is 4.38. The van der Waals surface area contributed by atoms with E-state index in [4.69, 9.17) is 25.5 Å². The summed E-state index contributed by atoms with van der Waals surface area (Å²) < 4.78 is 16.0. The quantitative estimate of drug-likeness (QED) is 0.341. The Bertz CT molecular complexity index is 245. The molecule has 0 aliphatic carbocycles. The lowest BCUT2D eigenvalue weighted by Gasteiger charge is -2.24. The first-order chi connectivity index (χ1) is 8.99. The van der Waals surface area contributed by atoms with Crippen LogP contribution in [0.1, 0.15) is 6.42 Å². The monoisotopic (exact) mass is 309 g/mol. The highest BCUT2D eigenvalue weighted by atomic mass is 32.1. The number of thiocarbonyl (C=S) groups is 1. The molecule has 0 aliphatic rings. The zero-order valence-electron chi connectivity index (χ0n) is 12.6. The van der Waals surface area contributed by atoms with Gasteiger partial charge in [-0.15, -0.1) is 0 Å². The molecule has 0 fully saturated rings. The number of nitrogens with zero attached hydrogens (tertiary/aromatic N) is 1. The standard InChI is InChI=1S/C11H27N3O3SSi/c1-14(2)9-8-13-11(18)12-7-6-10-19(15-3,16-4)17-5/h6-10H2,1-5H3,(H2,12,13,18). The van der Waals surface area contributed by atoms with Crippen molar-refractivity contribution in [2.24, 2.45) is 0 Å². The van der Waals surface area contributed by atoms with E-state index < -0.39 is 8.80 Å². The van der Waals surface area contributed by atoms with Gasteiger partial charge in [-0.3, -0.25) is 0 Å². The molecule has 0 rings (SSSR count). The van der Waals surface area contributed by atoms with Gasteiger partial charge in [0.05, 0.1) is 0 Å². The van der Waals surface area contributed by atoms with Crippen molar-refractivity contribution >= 4 is 26.1 Å². The highest BCUT2D eigenvalue weighted by molar-refractivity contribution is 7.80. The van der Waals surface area contributed by atoms with Crippen molar-refractivity contribution in [1.29, 1.82) is 0 Å². The lowest BCUT2D eigenvalue weighted by atomic mass is 10.5. The topological polar surface area (TPSA) is 55.0 Å². The summed E-state index contributed by atoms with van der Waals surface area (Å²) in [6, 6.07) is 0.768. The molecule has 0 aromatic heterocycles. The van der Waals surface area contributed by atoms with Crippen molar-refractivity contribution in [2.75, 3.05) is 55.1 Å². The summed E-state index contributed by atoms with van der Waals surface area (Å²) in [5.41, 5.74) is 0. The van der Waals surface area contributed by atoms with Crippen molar-refractivity contribution in [2.45, 2.75) is 12.5 Å². The van der Waals surface area contributed by atoms with Crippen LogP contribution < -0.4 is 10.6 Å². The fraction of sp³-hybridized carbons (Fsp3) is 0.909. The fourth-order valence-electron chi connectivity index (χ4n) is 1.52. The van der Waals surface area contributed by atoms with E-state index in [2.05, 4.69) is 15.5 Å². The van der Waals surface area contributed by atoms with Crippen LogP contribution in [-0.4, -0.2) is 73.9 Å². The summed E-state index contributed by atoms with van der Waals surface area (Å²) in [5.74, 6) is 0. The minimum atomic E-state index is -2.44. The molecule has 0 spiro atoms. The number of rotatable bonds is 10. The Morgan fingerprint density at radius 1 is 1.05 bits per heavy atom. The molecule has 0 aromatic rings. The van der Waals surface area contributed by atoms with Crippen LogP contribution in [0.25, 0.3) is 0 Å². The highest BCUT2D eigenvalue weighted by Crippen LogP contribution is 2.14. The molecular formula is C11H27N3O3SSi. The summed E-state index contributed by atoms with van der Waals surface area (Å²) in [6.45, 7) is 2.57. The zero-order chi connectivity index (χ0) is 14.7. The molecule has 8 heteroatoms. The van der Waals surface area contributed by atoms with Gasteiger partial charge in [0.2, 0.25) is 0 Å². The van der Waals surface area contributed by atoms with Gasteiger partial charge in [-0.25, -0.2) is 0 Å². The molecule has 0 aliphatic heterocycles. The van der Waals surface area contributed by atoms with Gasteiger partial charge in [0.1, 0.15) is 0 Å². The second-order valence-corrected chi connectivity index (χ2v) is 7.88. The van der Waals surface area contributed by atoms with Crippen LogP contribution in [0, 0.1) is 0 Å². The van der Waals surface area contributed by atoms with Crippen molar-refractivity contribution in [3.8, 4) is 0 Å². The van der Waals surface area contributed by atoms with Gasteiger partial charge in [0.25, 0.3) is 0 Å². The van der Waals surface area contributed by atoms with Crippen LogP contribution in [0.4, 0.5) is 0 Å². The van der Waals surface area contributed by atoms with E-state index in [1.807, 2.05) is 14.1 Å². The SMILES string of the molecule is CO[Si](CCCNC(=S)NCCN(C)C)(OC)OC. The average molecular weight is 310 g/mol. The maximum atomic E-state index is 5.35. The summed E-state index contributed by atoms with van der Waals surface area (Å²) in [5, 5.41) is 6.99. The van der Waals surface area contributed by atoms with Crippen molar-refractivity contribution in [1.82, 2.24) is 15.5 Å². The molecule has 0 amide bonds. The van der Waals surface area contributed by atoms with Crippen LogP contribution in [0.2, 0.25) is 6.04 Å². The minimum Gasteiger partial charge on any atom is -0.377 e. The minimum absolute atomic E-state index is 0.682. The Morgan fingerprint density at radius 2 is 1.58 bits per heavy atom. The molecule has 0 saturated carbocycles. The molecule has 0 unspecified atom stereocenters. The largest absolute Gasteiger partial charge is 0.500 e. The molecule has 6 nitrogen and oxygen atoms in total. The molecule has 0 aromatic carbocycles. The summed E-state index contributed by atoms with van der Waals surface area (Å²) in [7, 11) is 6.50. The molecule has 19 heavy (non-hydrogen) atoms. The molecule has 0 saturated heterocycles. The molecule has 0 atom stereocenters. The predicted octanol–water partition coefficient (Wildman–Crippen LogP) is 0.280. The first kappa shape index (κ1) is 18.7. The third-order valence-electron chi connectivity index (χ3n) is 2.72. The fourth-order valence-corrected chi connectivity index (χ4v) is 3.44. The number of hydrogen-bond acceptors (Lipinski definition) is 5. The molecule has 0 heterocycles. The molecule has 2 N–H and O–H groups in total. The molecule has 114 valence electrons. The third-order valence-corrected chi connectivity index (χ3v) is 5.84.